The van der Waals surface area contributed by atoms with E-state index in [0.717, 1.165) is 18.4 Å². The largest absolute Gasteiger partial charge is 0.469 e. The molecule has 9 heteroatoms. The molecule has 26 heavy (non-hydrogen) atoms. The number of hydrogen-bond acceptors (Lipinski definition) is 8. The van der Waals surface area contributed by atoms with E-state index in [1.165, 1.54) is 11.8 Å². The van der Waals surface area contributed by atoms with Crippen LogP contribution in [0.2, 0.25) is 0 Å². The molecule has 0 aliphatic carbocycles. The van der Waals surface area contributed by atoms with Crippen molar-refractivity contribution in [3.63, 3.8) is 0 Å². The molecule has 0 N–H and O–H groups in total. The van der Waals surface area contributed by atoms with Gasteiger partial charge in [0.2, 0.25) is 5.91 Å². The minimum atomic E-state index is -0.239. The molecule has 8 nitrogen and oxygen atoms in total. The maximum atomic E-state index is 12.4. The van der Waals surface area contributed by atoms with Crippen molar-refractivity contribution in [3.05, 3.63) is 18.1 Å². The Balaban J connectivity index is 1.53. The zero-order valence-corrected chi connectivity index (χ0v) is 15.6. The summed E-state index contributed by atoms with van der Waals surface area (Å²) in [6, 6.07) is 1.76. The van der Waals surface area contributed by atoms with Gasteiger partial charge in [0, 0.05) is 13.1 Å². The number of aromatic nitrogens is 2. The lowest BCUT2D eigenvalue weighted by atomic mass is 9.98. The van der Waals surface area contributed by atoms with Crippen molar-refractivity contribution in [3.8, 4) is 11.5 Å². The number of carbonyl (C=O) groups excluding carboxylic acids is 2. The number of nitrogens with zero attached hydrogens (tertiary/aromatic N) is 3. The van der Waals surface area contributed by atoms with Crippen LogP contribution in [0.5, 0.6) is 0 Å². The molecule has 1 aliphatic heterocycles. The highest BCUT2D eigenvalue weighted by Gasteiger charge is 2.29. The van der Waals surface area contributed by atoms with Crippen LogP contribution in [-0.2, 0) is 14.3 Å². The molecular formula is C17H21N3O5S. The average Bonchev–Trinajstić information content (AvgIpc) is 3.28. The van der Waals surface area contributed by atoms with Gasteiger partial charge in [-0.3, -0.25) is 9.59 Å². The Morgan fingerprint density at radius 2 is 2.27 bits per heavy atom. The smallest absolute Gasteiger partial charge is 0.310 e. The normalized spacial score (nSPS) is 17.3. The number of furan rings is 1. The topological polar surface area (TPSA) is 98.7 Å². The van der Waals surface area contributed by atoms with Crippen molar-refractivity contribution in [2.45, 2.75) is 31.9 Å². The van der Waals surface area contributed by atoms with Crippen LogP contribution in [0.25, 0.3) is 11.5 Å². The van der Waals surface area contributed by atoms with Gasteiger partial charge in [-0.15, -0.1) is 10.2 Å². The molecule has 0 radical (unpaired) electrons. The third kappa shape index (κ3) is 4.27. The summed E-state index contributed by atoms with van der Waals surface area (Å²) in [7, 11) is 0. The number of ether oxygens (including phenoxy) is 1. The molecule has 0 aromatic carbocycles. The van der Waals surface area contributed by atoms with Gasteiger partial charge in [-0.1, -0.05) is 11.8 Å². The predicted molar refractivity (Wildman–Crippen MR) is 93.4 cm³/mol. The third-order valence-corrected chi connectivity index (χ3v) is 5.01. The van der Waals surface area contributed by atoms with E-state index in [4.69, 9.17) is 13.6 Å². The van der Waals surface area contributed by atoms with Crippen LogP contribution in [0.4, 0.5) is 0 Å². The lowest BCUT2D eigenvalue weighted by Crippen LogP contribution is -2.43. The minimum Gasteiger partial charge on any atom is -0.469 e. The van der Waals surface area contributed by atoms with Crippen molar-refractivity contribution >= 4 is 23.6 Å². The second kappa shape index (κ2) is 8.39. The zero-order valence-electron chi connectivity index (χ0n) is 14.8. The van der Waals surface area contributed by atoms with Crippen molar-refractivity contribution in [2.75, 3.05) is 25.4 Å². The Morgan fingerprint density at radius 1 is 1.42 bits per heavy atom. The van der Waals surface area contributed by atoms with Gasteiger partial charge in [0.05, 0.1) is 30.1 Å². The molecule has 2 aromatic rings. The molecule has 140 valence electrons. The van der Waals surface area contributed by atoms with E-state index in [2.05, 4.69) is 10.2 Å². The number of aryl methyl sites for hydroxylation is 1. The van der Waals surface area contributed by atoms with E-state index in [1.807, 2.05) is 6.92 Å². The van der Waals surface area contributed by atoms with Gasteiger partial charge in [0.15, 0.2) is 0 Å². The highest BCUT2D eigenvalue weighted by molar-refractivity contribution is 7.99. The van der Waals surface area contributed by atoms with Gasteiger partial charge in [-0.2, -0.15) is 0 Å². The summed E-state index contributed by atoms with van der Waals surface area (Å²) in [6.45, 7) is 5.01. The Kier molecular flexibility index (Phi) is 5.97. The van der Waals surface area contributed by atoms with Gasteiger partial charge < -0.3 is 18.5 Å². The first-order valence-corrected chi connectivity index (χ1v) is 9.52. The van der Waals surface area contributed by atoms with Crippen LogP contribution >= 0.6 is 11.8 Å². The van der Waals surface area contributed by atoms with Gasteiger partial charge in [0.25, 0.3) is 11.1 Å². The van der Waals surface area contributed by atoms with Gasteiger partial charge in [-0.05, 0) is 32.8 Å². The summed E-state index contributed by atoms with van der Waals surface area (Å²) in [5, 5.41) is 8.27. The zero-order chi connectivity index (χ0) is 18.5. The fourth-order valence-corrected chi connectivity index (χ4v) is 3.52. The van der Waals surface area contributed by atoms with Gasteiger partial charge >= 0.3 is 5.97 Å². The minimum absolute atomic E-state index is 0.0526. The molecule has 1 aliphatic rings. The van der Waals surface area contributed by atoms with E-state index in [-0.39, 0.29) is 23.5 Å². The second-order valence-corrected chi connectivity index (χ2v) is 6.91. The highest BCUT2D eigenvalue weighted by atomic mass is 32.2. The Bertz CT molecular complexity index is 772. The number of amides is 1. The molecule has 0 unspecified atom stereocenters. The molecule has 0 saturated carbocycles. The van der Waals surface area contributed by atoms with E-state index in [0.29, 0.717) is 36.6 Å². The predicted octanol–water partition coefficient (Wildman–Crippen LogP) is 2.53. The quantitative estimate of drug-likeness (QED) is 0.558. The van der Waals surface area contributed by atoms with Crippen LogP contribution < -0.4 is 0 Å². The van der Waals surface area contributed by atoms with E-state index < -0.39 is 0 Å². The van der Waals surface area contributed by atoms with Crippen LogP contribution in [0.3, 0.4) is 0 Å². The van der Waals surface area contributed by atoms with Crippen LogP contribution in [0, 0.1) is 12.8 Å². The number of piperidine rings is 1. The first-order chi connectivity index (χ1) is 12.6. The molecule has 2 aromatic heterocycles. The fourth-order valence-electron chi connectivity index (χ4n) is 2.85. The lowest BCUT2D eigenvalue weighted by molar-refractivity contribution is -0.151. The molecule has 0 spiro atoms. The van der Waals surface area contributed by atoms with E-state index >= 15 is 0 Å². The van der Waals surface area contributed by atoms with Crippen LogP contribution in [0.15, 0.2) is 26.4 Å². The molecular weight excluding hydrogens is 358 g/mol. The SMILES string of the molecule is CCOC(=O)[C@H]1CCCN(C(=O)CSc2nnc(-c3ccoc3C)o2)C1. The molecule has 1 atom stereocenters. The molecule has 0 bridgehead atoms. The first-order valence-electron chi connectivity index (χ1n) is 8.53. The standard InChI is InChI=1S/C17H21N3O5S/c1-3-23-16(22)12-5-4-7-20(9-12)14(21)10-26-17-19-18-15(25-17)13-6-8-24-11(13)2/h6,8,12H,3-5,7,9-10H2,1-2H3/t12-/m0/s1. The number of likely N-dealkylation sites (tertiary alicyclic amines) is 1. The average molecular weight is 379 g/mol. The van der Waals surface area contributed by atoms with Gasteiger partial charge in [-0.25, -0.2) is 0 Å². The highest BCUT2D eigenvalue weighted by Crippen LogP contribution is 2.27. The Labute approximate surface area is 155 Å². The molecule has 1 amide bonds. The van der Waals surface area contributed by atoms with E-state index in [1.54, 1.807) is 24.2 Å². The van der Waals surface area contributed by atoms with Crippen molar-refractivity contribution < 1.29 is 23.2 Å². The molecule has 1 fully saturated rings. The number of esters is 1. The summed E-state index contributed by atoms with van der Waals surface area (Å²) >= 11 is 1.19. The van der Waals surface area contributed by atoms with Gasteiger partial charge in [0.1, 0.15) is 5.76 Å². The lowest BCUT2D eigenvalue weighted by Gasteiger charge is -2.31. The molecule has 3 heterocycles. The summed E-state index contributed by atoms with van der Waals surface area (Å²) in [4.78, 5) is 26.0. The number of rotatable bonds is 6. The monoisotopic (exact) mass is 379 g/mol. The third-order valence-electron chi connectivity index (χ3n) is 4.21. The summed E-state index contributed by atoms with van der Waals surface area (Å²) in [5.74, 6) is 0.724. The Morgan fingerprint density at radius 3 is 3.00 bits per heavy atom. The number of carbonyl (C=O) groups is 2. The van der Waals surface area contributed by atoms with Crippen molar-refractivity contribution in [1.29, 1.82) is 0 Å². The number of thioether (sulfide) groups is 1. The maximum Gasteiger partial charge on any atom is 0.310 e. The maximum absolute atomic E-state index is 12.4. The number of hydrogen-bond donors (Lipinski definition) is 0. The van der Waals surface area contributed by atoms with Crippen molar-refractivity contribution in [2.24, 2.45) is 5.92 Å². The van der Waals surface area contributed by atoms with Crippen molar-refractivity contribution in [1.82, 2.24) is 15.1 Å². The van der Waals surface area contributed by atoms with E-state index in [9.17, 15) is 9.59 Å². The summed E-state index contributed by atoms with van der Waals surface area (Å²) < 4.78 is 15.9. The second-order valence-electron chi connectivity index (χ2n) is 5.98. The molecule has 1 saturated heterocycles. The van der Waals surface area contributed by atoms with Crippen LogP contribution in [-0.4, -0.2) is 52.4 Å². The molecule has 3 rings (SSSR count). The summed E-state index contributed by atoms with van der Waals surface area (Å²) in [6.07, 6.45) is 3.11. The van der Waals surface area contributed by atoms with Crippen LogP contribution in [0.1, 0.15) is 25.5 Å². The fraction of sp³-hybridized carbons (Fsp3) is 0.529. The first kappa shape index (κ1) is 18.5. The summed E-state index contributed by atoms with van der Waals surface area (Å²) in [5.41, 5.74) is 0.740. The Hall–Kier alpha value is -2.29.